The zero-order valence-corrected chi connectivity index (χ0v) is 15.1. The van der Waals surface area contributed by atoms with E-state index < -0.39 is 41.9 Å². The molecule has 0 radical (unpaired) electrons. The van der Waals surface area contributed by atoms with E-state index in [0.717, 1.165) is 0 Å². The van der Waals surface area contributed by atoms with Gasteiger partial charge in [-0.2, -0.15) is 0 Å². The number of carboxylic acid groups (broad SMARTS) is 2. The van der Waals surface area contributed by atoms with E-state index in [9.17, 15) is 24.3 Å². The van der Waals surface area contributed by atoms with Gasteiger partial charge in [0.05, 0.1) is 6.61 Å². The minimum absolute atomic E-state index is 0.00951. The fourth-order valence-electron chi connectivity index (χ4n) is 2.68. The van der Waals surface area contributed by atoms with Crippen LogP contribution < -0.4 is 0 Å². The smallest absolute Gasteiger partial charge is 0.356 e. The average Bonchev–Trinajstić information content (AvgIpc) is 3.05. The van der Waals surface area contributed by atoms with Crippen LogP contribution in [0.2, 0.25) is 0 Å². The fraction of sp³-hybridized carbons (Fsp3) is 0.316. The lowest BCUT2D eigenvalue weighted by Gasteiger charge is -2.15. The van der Waals surface area contributed by atoms with Crippen molar-refractivity contribution in [3.8, 4) is 0 Å². The lowest BCUT2D eigenvalue weighted by atomic mass is 9.91. The Kier molecular flexibility index (Phi) is 7.02. The van der Waals surface area contributed by atoms with Gasteiger partial charge in [-0.1, -0.05) is 30.3 Å². The molecule has 0 aliphatic carbocycles. The molecule has 0 aromatic heterocycles. The van der Waals surface area contributed by atoms with Crippen LogP contribution in [0.25, 0.3) is 0 Å². The van der Waals surface area contributed by atoms with E-state index >= 15 is 0 Å². The summed E-state index contributed by atoms with van der Waals surface area (Å²) in [7, 11) is 0. The summed E-state index contributed by atoms with van der Waals surface area (Å²) >= 11 is 0. The molecule has 1 aliphatic rings. The van der Waals surface area contributed by atoms with E-state index in [1.807, 2.05) is 0 Å². The Morgan fingerprint density at radius 1 is 1.07 bits per heavy atom. The third-order valence-corrected chi connectivity index (χ3v) is 3.91. The van der Waals surface area contributed by atoms with E-state index in [0.29, 0.717) is 5.56 Å². The van der Waals surface area contributed by atoms with Crippen LogP contribution in [-0.2, 0) is 35.3 Å². The minimum Gasteiger partial charge on any atom is -0.481 e. The van der Waals surface area contributed by atoms with Crippen molar-refractivity contribution in [3.05, 3.63) is 47.2 Å². The van der Waals surface area contributed by atoms with Gasteiger partial charge in [0.2, 0.25) is 0 Å². The fourth-order valence-corrected chi connectivity index (χ4v) is 2.68. The lowest BCUT2D eigenvalue weighted by molar-refractivity contribution is -0.147. The number of benzene rings is 1. The van der Waals surface area contributed by atoms with Crippen molar-refractivity contribution in [3.63, 3.8) is 0 Å². The molecule has 0 saturated heterocycles. The predicted molar refractivity (Wildman–Crippen MR) is 95.3 cm³/mol. The molecular weight excluding hydrogens is 370 g/mol. The van der Waals surface area contributed by atoms with E-state index in [1.54, 1.807) is 37.3 Å². The molecule has 0 amide bonds. The zero-order valence-electron chi connectivity index (χ0n) is 15.1. The second kappa shape index (κ2) is 9.45. The number of aliphatic carboxylic acids is 2. The molecule has 0 spiro atoms. The number of nitrogens with zero attached hydrogens (tertiary/aromatic N) is 1. The molecule has 1 atom stereocenters. The lowest BCUT2D eigenvalue weighted by Crippen LogP contribution is -2.31. The highest BCUT2D eigenvalue weighted by Crippen LogP contribution is 2.32. The molecule has 148 valence electrons. The molecule has 9 nitrogen and oxygen atoms in total. The highest BCUT2D eigenvalue weighted by Gasteiger charge is 2.42. The molecule has 2 N–H and O–H groups in total. The second-order valence-electron chi connectivity index (χ2n) is 5.82. The molecule has 1 aliphatic heterocycles. The minimum atomic E-state index is -1.51. The third-order valence-electron chi connectivity index (χ3n) is 3.91. The molecule has 1 heterocycles. The van der Waals surface area contributed by atoms with Crippen LogP contribution in [0.1, 0.15) is 25.3 Å². The van der Waals surface area contributed by atoms with Crippen molar-refractivity contribution in [1.82, 2.24) is 0 Å². The summed E-state index contributed by atoms with van der Waals surface area (Å²) in [5.74, 6) is -5.99. The van der Waals surface area contributed by atoms with Gasteiger partial charge in [-0.3, -0.25) is 9.59 Å². The third kappa shape index (κ3) is 5.03. The monoisotopic (exact) mass is 389 g/mol. The van der Waals surface area contributed by atoms with E-state index in [1.165, 1.54) is 0 Å². The maximum Gasteiger partial charge on any atom is 0.356 e. The van der Waals surface area contributed by atoms with Crippen LogP contribution >= 0.6 is 0 Å². The topological polar surface area (TPSA) is 140 Å². The van der Waals surface area contributed by atoms with Gasteiger partial charge < -0.3 is 19.7 Å². The van der Waals surface area contributed by atoms with Gasteiger partial charge in [0, 0.05) is 6.42 Å². The Bertz CT molecular complexity index is 841. The largest absolute Gasteiger partial charge is 0.481 e. The molecule has 2 rings (SSSR count). The van der Waals surface area contributed by atoms with E-state index in [-0.39, 0.29) is 30.9 Å². The average molecular weight is 389 g/mol. The molecule has 0 bridgehead atoms. The Morgan fingerprint density at radius 3 is 2.32 bits per heavy atom. The first-order chi connectivity index (χ1) is 13.3. The normalized spacial score (nSPS) is 15.8. The molecule has 0 fully saturated rings. The van der Waals surface area contributed by atoms with Crippen LogP contribution in [0.4, 0.5) is 0 Å². The Balaban J connectivity index is 2.32. The number of aliphatic imine (C=N–C) groups is 1. The second-order valence-corrected chi connectivity index (χ2v) is 5.82. The number of carboxylic acids is 2. The number of hydrogen-bond acceptors (Lipinski definition) is 7. The number of carbonyl (C=O) groups is 4. The first kappa shape index (κ1) is 20.8. The Morgan fingerprint density at radius 2 is 1.75 bits per heavy atom. The van der Waals surface area contributed by atoms with Crippen LogP contribution in [0.3, 0.4) is 0 Å². The Hall–Kier alpha value is -3.49. The highest BCUT2D eigenvalue weighted by atomic mass is 16.5. The van der Waals surface area contributed by atoms with Crippen molar-refractivity contribution in [2.75, 3.05) is 6.61 Å². The molecule has 0 saturated carbocycles. The van der Waals surface area contributed by atoms with Gasteiger partial charge in [-0.25, -0.2) is 14.6 Å². The van der Waals surface area contributed by atoms with Gasteiger partial charge in [-0.15, -0.1) is 0 Å². The highest BCUT2D eigenvalue weighted by molar-refractivity contribution is 6.42. The SMILES string of the molecule is CCOC(=O)C1=C(CCC(=O)O)C(C(=O)OCc2ccccc2)C(C(=O)O)=N1. The number of esters is 2. The summed E-state index contributed by atoms with van der Waals surface area (Å²) in [6, 6.07) is 8.73. The summed E-state index contributed by atoms with van der Waals surface area (Å²) in [5, 5.41) is 18.4. The van der Waals surface area contributed by atoms with Gasteiger partial charge in [0.1, 0.15) is 23.9 Å². The maximum atomic E-state index is 12.6. The van der Waals surface area contributed by atoms with E-state index in [2.05, 4.69) is 4.99 Å². The summed E-state index contributed by atoms with van der Waals surface area (Å²) in [6.45, 7) is 1.46. The number of carbonyl (C=O) groups excluding carboxylic acids is 2. The Labute approximate surface area is 160 Å². The molecule has 1 unspecified atom stereocenters. The van der Waals surface area contributed by atoms with Gasteiger partial charge in [0.15, 0.2) is 0 Å². The van der Waals surface area contributed by atoms with Crippen molar-refractivity contribution in [2.45, 2.75) is 26.4 Å². The number of ether oxygens (including phenoxy) is 2. The predicted octanol–water partition coefficient (Wildman–Crippen LogP) is 1.57. The van der Waals surface area contributed by atoms with Crippen molar-refractivity contribution >= 4 is 29.6 Å². The summed E-state index contributed by atoms with van der Waals surface area (Å²) in [5.41, 5.74) is -0.302. The summed E-state index contributed by atoms with van der Waals surface area (Å²) < 4.78 is 10.1. The van der Waals surface area contributed by atoms with Crippen LogP contribution in [0, 0.1) is 5.92 Å². The summed E-state index contributed by atoms with van der Waals surface area (Å²) in [6.07, 6.45) is -0.655. The molecule has 9 heteroatoms. The van der Waals surface area contributed by atoms with Gasteiger partial charge in [-0.05, 0) is 24.5 Å². The number of rotatable bonds is 9. The standard InChI is InChI=1S/C19H19NO8/c1-2-27-19(26)15-12(8-9-13(21)22)14(16(20-15)17(23)24)18(25)28-10-11-6-4-3-5-7-11/h3-7,14H,2,8-10H2,1H3,(H,21,22)(H,23,24). The first-order valence-corrected chi connectivity index (χ1v) is 8.49. The maximum absolute atomic E-state index is 12.6. The summed E-state index contributed by atoms with van der Waals surface area (Å²) in [4.78, 5) is 51.0. The molecule has 1 aromatic carbocycles. The van der Waals surface area contributed by atoms with Crippen molar-refractivity contribution in [2.24, 2.45) is 10.9 Å². The van der Waals surface area contributed by atoms with Crippen LogP contribution in [-0.4, -0.2) is 46.4 Å². The molecule has 28 heavy (non-hydrogen) atoms. The zero-order chi connectivity index (χ0) is 20.7. The van der Waals surface area contributed by atoms with Gasteiger partial charge >= 0.3 is 23.9 Å². The van der Waals surface area contributed by atoms with E-state index in [4.69, 9.17) is 14.6 Å². The molecule has 1 aromatic rings. The molecular formula is C19H19NO8. The quantitative estimate of drug-likeness (QED) is 0.607. The van der Waals surface area contributed by atoms with Crippen molar-refractivity contribution < 1.29 is 38.9 Å². The first-order valence-electron chi connectivity index (χ1n) is 8.49. The van der Waals surface area contributed by atoms with Gasteiger partial charge in [0.25, 0.3) is 0 Å². The number of hydrogen-bond donors (Lipinski definition) is 2. The van der Waals surface area contributed by atoms with Crippen LogP contribution in [0.5, 0.6) is 0 Å². The van der Waals surface area contributed by atoms with Crippen LogP contribution in [0.15, 0.2) is 46.6 Å². The van der Waals surface area contributed by atoms with Crippen molar-refractivity contribution in [1.29, 1.82) is 0 Å².